The van der Waals surface area contributed by atoms with E-state index in [9.17, 15) is 4.79 Å². The molecule has 1 aromatic heterocycles. The molecular formula is C16H19NO2S. The van der Waals surface area contributed by atoms with Gasteiger partial charge in [-0.1, -0.05) is 17.7 Å². The Morgan fingerprint density at radius 1 is 1.35 bits per heavy atom. The highest BCUT2D eigenvalue weighted by atomic mass is 32.1. The van der Waals surface area contributed by atoms with E-state index in [1.807, 2.05) is 47.5 Å². The zero-order valence-corrected chi connectivity index (χ0v) is 12.7. The monoisotopic (exact) mass is 289 g/mol. The van der Waals surface area contributed by atoms with E-state index in [1.54, 1.807) is 18.4 Å². The van der Waals surface area contributed by atoms with Crippen molar-refractivity contribution >= 4 is 17.2 Å². The average Bonchev–Trinajstić information content (AvgIpc) is 2.95. The Kier molecular flexibility index (Phi) is 5.32. The second kappa shape index (κ2) is 7.22. The third-order valence-corrected chi connectivity index (χ3v) is 3.80. The van der Waals surface area contributed by atoms with Gasteiger partial charge in [-0.15, -0.1) is 0 Å². The Bertz CT molecular complexity index is 551. The van der Waals surface area contributed by atoms with Gasteiger partial charge in [0.2, 0.25) is 0 Å². The first-order valence-corrected chi connectivity index (χ1v) is 7.51. The molecule has 0 aliphatic carbocycles. The SMILES string of the molecule is COCCN(Cc1ccsc1)C(=O)c1cccc(C)c1. The summed E-state index contributed by atoms with van der Waals surface area (Å²) in [4.78, 5) is 14.4. The van der Waals surface area contributed by atoms with Gasteiger partial charge in [0.05, 0.1) is 6.61 Å². The predicted molar refractivity (Wildman–Crippen MR) is 82.1 cm³/mol. The molecule has 1 heterocycles. The highest BCUT2D eigenvalue weighted by Crippen LogP contribution is 2.13. The average molecular weight is 289 g/mol. The normalized spacial score (nSPS) is 10.5. The lowest BCUT2D eigenvalue weighted by atomic mass is 10.1. The van der Waals surface area contributed by atoms with E-state index in [2.05, 4.69) is 5.38 Å². The zero-order chi connectivity index (χ0) is 14.4. The molecule has 0 saturated carbocycles. The highest BCUT2D eigenvalue weighted by Gasteiger charge is 2.16. The topological polar surface area (TPSA) is 29.5 Å². The predicted octanol–water partition coefficient (Wildman–Crippen LogP) is 3.35. The molecular weight excluding hydrogens is 270 g/mol. The minimum atomic E-state index is 0.0527. The summed E-state index contributed by atoms with van der Waals surface area (Å²) >= 11 is 1.65. The van der Waals surface area contributed by atoms with Gasteiger partial charge in [0, 0.05) is 25.8 Å². The first kappa shape index (κ1) is 14.8. The van der Waals surface area contributed by atoms with Gasteiger partial charge in [-0.3, -0.25) is 4.79 Å². The van der Waals surface area contributed by atoms with Crippen LogP contribution < -0.4 is 0 Å². The Labute approximate surface area is 123 Å². The summed E-state index contributed by atoms with van der Waals surface area (Å²) in [5, 5.41) is 4.10. The third-order valence-electron chi connectivity index (χ3n) is 3.07. The van der Waals surface area contributed by atoms with Crippen LogP contribution >= 0.6 is 11.3 Å². The molecule has 0 bridgehead atoms. The number of hydrogen-bond donors (Lipinski definition) is 0. The number of methoxy groups -OCH3 is 1. The van der Waals surface area contributed by atoms with Crippen LogP contribution in [0.25, 0.3) is 0 Å². The number of ether oxygens (including phenoxy) is 1. The van der Waals surface area contributed by atoms with Gasteiger partial charge < -0.3 is 9.64 Å². The van der Waals surface area contributed by atoms with Crippen LogP contribution in [0.3, 0.4) is 0 Å². The molecule has 4 heteroatoms. The van der Waals surface area contributed by atoms with Crippen molar-refractivity contribution in [2.24, 2.45) is 0 Å². The van der Waals surface area contributed by atoms with Crippen LogP contribution in [0.2, 0.25) is 0 Å². The van der Waals surface area contributed by atoms with E-state index in [-0.39, 0.29) is 5.91 Å². The fourth-order valence-corrected chi connectivity index (χ4v) is 2.68. The number of hydrogen-bond acceptors (Lipinski definition) is 3. The van der Waals surface area contributed by atoms with Crippen LogP contribution in [0.1, 0.15) is 21.5 Å². The lowest BCUT2D eigenvalue weighted by Gasteiger charge is -2.22. The lowest BCUT2D eigenvalue weighted by molar-refractivity contribution is 0.0680. The van der Waals surface area contributed by atoms with Gasteiger partial charge in [0.15, 0.2) is 0 Å². The molecule has 0 N–H and O–H groups in total. The molecule has 20 heavy (non-hydrogen) atoms. The minimum absolute atomic E-state index is 0.0527. The van der Waals surface area contributed by atoms with E-state index in [4.69, 9.17) is 4.74 Å². The van der Waals surface area contributed by atoms with E-state index >= 15 is 0 Å². The minimum Gasteiger partial charge on any atom is -0.383 e. The Balaban J connectivity index is 2.14. The van der Waals surface area contributed by atoms with Crippen molar-refractivity contribution in [1.29, 1.82) is 0 Å². The van der Waals surface area contributed by atoms with Crippen LogP contribution in [0.5, 0.6) is 0 Å². The molecule has 2 rings (SSSR count). The molecule has 0 atom stereocenters. The van der Waals surface area contributed by atoms with Gasteiger partial charge in [0.25, 0.3) is 5.91 Å². The molecule has 2 aromatic rings. The van der Waals surface area contributed by atoms with Crippen molar-refractivity contribution in [3.8, 4) is 0 Å². The number of carbonyl (C=O) groups is 1. The number of thiophene rings is 1. The highest BCUT2D eigenvalue weighted by molar-refractivity contribution is 7.07. The van der Waals surface area contributed by atoms with Crippen molar-refractivity contribution in [1.82, 2.24) is 4.90 Å². The fraction of sp³-hybridized carbons (Fsp3) is 0.312. The maximum atomic E-state index is 12.6. The molecule has 0 saturated heterocycles. The van der Waals surface area contributed by atoms with Gasteiger partial charge in [-0.2, -0.15) is 11.3 Å². The molecule has 3 nitrogen and oxygen atoms in total. The molecule has 106 valence electrons. The standard InChI is InChI=1S/C16H19NO2S/c1-13-4-3-5-15(10-13)16(18)17(7-8-19-2)11-14-6-9-20-12-14/h3-6,9-10,12H,7-8,11H2,1-2H3. The Morgan fingerprint density at radius 2 is 2.20 bits per heavy atom. The van der Waals surface area contributed by atoms with E-state index in [0.717, 1.165) is 16.7 Å². The lowest BCUT2D eigenvalue weighted by Crippen LogP contribution is -2.33. The van der Waals surface area contributed by atoms with Gasteiger partial charge in [-0.05, 0) is 41.4 Å². The number of rotatable bonds is 6. The summed E-state index contributed by atoms with van der Waals surface area (Å²) in [6.07, 6.45) is 0. The number of nitrogens with zero attached hydrogens (tertiary/aromatic N) is 1. The second-order valence-corrected chi connectivity index (χ2v) is 5.50. The van der Waals surface area contributed by atoms with Crippen molar-refractivity contribution in [3.63, 3.8) is 0 Å². The summed E-state index contributed by atoms with van der Waals surface area (Å²) in [6.45, 7) is 3.76. The smallest absolute Gasteiger partial charge is 0.254 e. The largest absolute Gasteiger partial charge is 0.383 e. The van der Waals surface area contributed by atoms with Gasteiger partial charge in [-0.25, -0.2) is 0 Å². The second-order valence-electron chi connectivity index (χ2n) is 4.72. The first-order chi connectivity index (χ1) is 9.70. The molecule has 0 aliphatic heterocycles. The van der Waals surface area contributed by atoms with Gasteiger partial charge >= 0.3 is 0 Å². The Hall–Kier alpha value is -1.65. The van der Waals surface area contributed by atoms with E-state index < -0.39 is 0 Å². The first-order valence-electron chi connectivity index (χ1n) is 6.56. The summed E-state index contributed by atoms with van der Waals surface area (Å²) < 4.78 is 5.11. The van der Waals surface area contributed by atoms with Crippen molar-refractivity contribution < 1.29 is 9.53 Å². The number of amides is 1. The number of carbonyl (C=O) groups excluding carboxylic acids is 1. The molecule has 0 radical (unpaired) electrons. The number of benzene rings is 1. The summed E-state index contributed by atoms with van der Waals surface area (Å²) in [7, 11) is 1.65. The van der Waals surface area contributed by atoms with Crippen molar-refractivity contribution in [2.75, 3.05) is 20.3 Å². The van der Waals surface area contributed by atoms with Crippen molar-refractivity contribution in [2.45, 2.75) is 13.5 Å². The van der Waals surface area contributed by atoms with Crippen molar-refractivity contribution in [3.05, 3.63) is 57.8 Å². The summed E-state index contributed by atoms with van der Waals surface area (Å²) in [6, 6.07) is 9.75. The Morgan fingerprint density at radius 3 is 2.85 bits per heavy atom. The van der Waals surface area contributed by atoms with Crippen LogP contribution in [-0.2, 0) is 11.3 Å². The van der Waals surface area contributed by atoms with Crippen LogP contribution in [-0.4, -0.2) is 31.1 Å². The maximum absolute atomic E-state index is 12.6. The number of aryl methyl sites for hydroxylation is 1. The fourth-order valence-electron chi connectivity index (χ4n) is 2.02. The molecule has 0 aliphatic rings. The van der Waals surface area contributed by atoms with Crippen LogP contribution in [0, 0.1) is 6.92 Å². The maximum Gasteiger partial charge on any atom is 0.254 e. The third kappa shape index (κ3) is 3.92. The van der Waals surface area contributed by atoms with Gasteiger partial charge in [0.1, 0.15) is 0 Å². The quantitative estimate of drug-likeness (QED) is 0.816. The molecule has 0 unspecified atom stereocenters. The molecule has 0 fully saturated rings. The van der Waals surface area contributed by atoms with E-state index in [1.165, 1.54) is 0 Å². The molecule has 0 spiro atoms. The van der Waals surface area contributed by atoms with Crippen LogP contribution in [0.4, 0.5) is 0 Å². The zero-order valence-electron chi connectivity index (χ0n) is 11.8. The van der Waals surface area contributed by atoms with Crippen LogP contribution in [0.15, 0.2) is 41.1 Å². The van der Waals surface area contributed by atoms with E-state index in [0.29, 0.717) is 19.7 Å². The summed E-state index contributed by atoms with van der Waals surface area (Å²) in [5.74, 6) is 0.0527. The molecule has 1 aromatic carbocycles. The molecule has 1 amide bonds. The summed E-state index contributed by atoms with van der Waals surface area (Å²) in [5.41, 5.74) is 2.99.